The molecule has 7 heteroatoms. The highest BCUT2D eigenvalue weighted by Crippen LogP contribution is 2.32. The molecule has 4 N–H and O–H groups in total. The lowest BCUT2D eigenvalue weighted by atomic mass is 10.0. The summed E-state index contributed by atoms with van der Waals surface area (Å²) < 4.78 is 15.6. The largest absolute Gasteiger partial charge is 0.383 e. The molecule has 31 heavy (non-hydrogen) atoms. The van der Waals surface area contributed by atoms with E-state index in [1.165, 1.54) is 12.1 Å². The molecule has 0 saturated carbocycles. The fourth-order valence-electron chi connectivity index (χ4n) is 3.87. The summed E-state index contributed by atoms with van der Waals surface area (Å²) in [5.41, 5.74) is 16.5. The van der Waals surface area contributed by atoms with Crippen LogP contribution in [0.3, 0.4) is 0 Å². The van der Waals surface area contributed by atoms with Crippen molar-refractivity contribution in [3.63, 3.8) is 0 Å². The molecule has 0 aliphatic carbocycles. The van der Waals surface area contributed by atoms with Crippen LogP contribution < -0.4 is 11.5 Å². The Bertz CT molecular complexity index is 1500. The van der Waals surface area contributed by atoms with E-state index < -0.39 is 5.82 Å². The molecule has 5 rings (SSSR count). The van der Waals surface area contributed by atoms with Crippen molar-refractivity contribution in [2.75, 3.05) is 11.5 Å². The highest BCUT2D eigenvalue weighted by atomic mass is 19.1. The number of nitrogens with zero attached hydrogens (tertiary/aromatic N) is 4. The maximum Gasteiger partial charge on any atom is 0.222 e. The number of benzene rings is 3. The first-order valence-electron chi connectivity index (χ1n) is 9.60. The molecule has 2 aromatic heterocycles. The Balaban J connectivity index is 1.49. The number of aromatic nitrogens is 3. The van der Waals surface area contributed by atoms with Crippen LogP contribution in [0.1, 0.15) is 5.56 Å². The molecule has 5 aromatic rings. The molecule has 0 bridgehead atoms. The van der Waals surface area contributed by atoms with E-state index >= 15 is 0 Å². The fraction of sp³-hybridized carbons (Fsp3) is 0.0417. The SMILES string of the molecule is [C-]#[N+]c1cc(F)ccc1-c1ccc(Cn2ccc3c4nc(N)nc(N)c4ccc32)cc1. The second-order valence-corrected chi connectivity index (χ2v) is 7.28. The first-order chi connectivity index (χ1) is 15.0. The van der Waals surface area contributed by atoms with Crippen LogP contribution in [0.25, 0.3) is 37.8 Å². The van der Waals surface area contributed by atoms with Crippen LogP contribution in [0, 0.1) is 12.4 Å². The van der Waals surface area contributed by atoms with Crippen molar-refractivity contribution in [3.05, 3.63) is 89.7 Å². The summed E-state index contributed by atoms with van der Waals surface area (Å²) >= 11 is 0. The van der Waals surface area contributed by atoms with Crippen LogP contribution in [0.2, 0.25) is 0 Å². The summed E-state index contributed by atoms with van der Waals surface area (Å²) in [5.74, 6) is 0.111. The zero-order chi connectivity index (χ0) is 21.5. The van der Waals surface area contributed by atoms with Gasteiger partial charge in [0.1, 0.15) is 11.6 Å². The van der Waals surface area contributed by atoms with Gasteiger partial charge in [-0.05, 0) is 47.0 Å². The van der Waals surface area contributed by atoms with E-state index in [4.69, 9.17) is 18.0 Å². The normalized spacial score (nSPS) is 11.1. The number of anilines is 2. The van der Waals surface area contributed by atoms with Crippen LogP contribution in [0.4, 0.5) is 21.8 Å². The number of nitrogens with two attached hydrogens (primary N) is 2. The summed E-state index contributed by atoms with van der Waals surface area (Å²) in [6.45, 7) is 7.95. The van der Waals surface area contributed by atoms with E-state index in [-0.39, 0.29) is 5.95 Å². The first-order valence-corrected chi connectivity index (χ1v) is 9.60. The molecule has 0 aliphatic heterocycles. The Labute approximate surface area is 177 Å². The molecule has 0 radical (unpaired) electrons. The maximum atomic E-state index is 13.4. The van der Waals surface area contributed by atoms with Gasteiger partial charge in [-0.1, -0.05) is 30.3 Å². The average Bonchev–Trinajstić information content (AvgIpc) is 3.17. The van der Waals surface area contributed by atoms with Crippen LogP contribution in [0.15, 0.2) is 66.9 Å². The van der Waals surface area contributed by atoms with Gasteiger partial charge >= 0.3 is 0 Å². The Morgan fingerprint density at radius 3 is 2.52 bits per heavy atom. The van der Waals surface area contributed by atoms with Crippen molar-refractivity contribution >= 4 is 39.3 Å². The quantitative estimate of drug-likeness (QED) is 0.404. The van der Waals surface area contributed by atoms with Gasteiger partial charge in [0.2, 0.25) is 5.95 Å². The topological polar surface area (TPSA) is 87.1 Å². The lowest BCUT2D eigenvalue weighted by Gasteiger charge is -2.09. The zero-order valence-electron chi connectivity index (χ0n) is 16.4. The summed E-state index contributed by atoms with van der Waals surface area (Å²) in [5, 5.41) is 1.74. The van der Waals surface area contributed by atoms with E-state index in [1.807, 2.05) is 48.7 Å². The predicted molar refractivity (Wildman–Crippen MR) is 121 cm³/mol. The van der Waals surface area contributed by atoms with Gasteiger partial charge in [0, 0.05) is 23.5 Å². The summed E-state index contributed by atoms with van der Waals surface area (Å²) in [6, 6.07) is 18.1. The first kappa shape index (κ1) is 18.6. The number of fused-ring (bicyclic) bond motifs is 3. The van der Waals surface area contributed by atoms with Crippen LogP contribution in [-0.2, 0) is 6.54 Å². The molecule has 150 valence electrons. The van der Waals surface area contributed by atoms with Gasteiger partial charge in [0.25, 0.3) is 0 Å². The third-order valence-corrected chi connectivity index (χ3v) is 5.36. The minimum Gasteiger partial charge on any atom is -0.383 e. The van der Waals surface area contributed by atoms with E-state index in [9.17, 15) is 4.39 Å². The van der Waals surface area contributed by atoms with Gasteiger partial charge < -0.3 is 16.0 Å². The Hall–Kier alpha value is -4.44. The third kappa shape index (κ3) is 3.20. The standard InChI is InChI=1S/C24H17FN6/c1-28-20-12-16(25)6-7-17(20)15-4-2-14(3-5-15)13-31-11-10-18-21(31)9-8-19-22(18)29-24(27)30-23(19)26/h2-12H,13H2,(H4,26,27,29,30). The number of nitrogen functional groups attached to an aromatic ring is 2. The van der Waals surface area contributed by atoms with E-state index in [1.54, 1.807) is 6.07 Å². The highest BCUT2D eigenvalue weighted by Gasteiger charge is 2.11. The number of rotatable bonds is 3. The summed E-state index contributed by atoms with van der Waals surface area (Å²) in [7, 11) is 0. The summed E-state index contributed by atoms with van der Waals surface area (Å²) in [4.78, 5) is 11.8. The second kappa shape index (κ2) is 7.11. The minimum absolute atomic E-state index is 0.153. The molecule has 0 spiro atoms. The van der Waals surface area contributed by atoms with Crippen molar-refractivity contribution < 1.29 is 4.39 Å². The molecule has 3 aromatic carbocycles. The molecule has 0 atom stereocenters. The molecule has 0 aliphatic rings. The monoisotopic (exact) mass is 408 g/mol. The molecule has 2 heterocycles. The zero-order valence-corrected chi connectivity index (χ0v) is 16.4. The molecule has 0 fully saturated rings. The highest BCUT2D eigenvalue weighted by molar-refractivity contribution is 6.07. The van der Waals surface area contributed by atoms with Crippen LogP contribution in [0.5, 0.6) is 0 Å². The van der Waals surface area contributed by atoms with Crippen molar-refractivity contribution in [2.45, 2.75) is 6.54 Å². The molecule has 0 amide bonds. The number of hydrogen-bond donors (Lipinski definition) is 2. The van der Waals surface area contributed by atoms with Crippen molar-refractivity contribution in [3.8, 4) is 11.1 Å². The molecule has 0 saturated heterocycles. The van der Waals surface area contributed by atoms with Gasteiger partial charge in [0.15, 0.2) is 5.69 Å². The van der Waals surface area contributed by atoms with Gasteiger partial charge in [-0.25, -0.2) is 14.2 Å². The van der Waals surface area contributed by atoms with Crippen molar-refractivity contribution in [2.24, 2.45) is 0 Å². The lowest BCUT2D eigenvalue weighted by Crippen LogP contribution is -2.01. The van der Waals surface area contributed by atoms with E-state index in [0.717, 1.165) is 38.5 Å². The van der Waals surface area contributed by atoms with Crippen LogP contribution in [-0.4, -0.2) is 14.5 Å². The fourth-order valence-corrected chi connectivity index (χ4v) is 3.87. The molecule has 0 unspecified atom stereocenters. The third-order valence-electron chi connectivity index (χ3n) is 5.36. The van der Waals surface area contributed by atoms with Crippen LogP contribution >= 0.6 is 0 Å². The molecule has 6 nitrogen and oxygen atoms in total. The number of hydrogen-bond acceptors (Lipinski definition) is 4. The van der Waals surface area contributed by atoms with Gasteiger partial charge in [-0.15, -0.1) is 0 Å². The Kier molecular flexibility index (Phi) is 4.26. The van der Waals surface area contributed by atoms with Crippen molar-refractivity contribution in [1.29, 1.82) is 0 Å². The maximum absolute atomic E-state index is 13.4. The van der Waals surface area contributed by atoms with Gasteiger partial charge in [-0.2, -0.15) is 4.98 Å². The Morgan fingerprint density at radius 2 is 1.74 bits per heavy atom. The van der Waals surface area contributed by atoms with Gasteiger partial charge in [-0.3, -0.25) is 0 Å². The van der Waals surface area contributed by atoms with E-state index in [2.05, 4.69) is 19.4 Å². The predicted octanol–water partition coefficient (Wildman–Crippen LogP) is 5.15. The molecular formula is C24H17FN6. The van der Waals surface area contributed by atoms with Crippen molar-refractivity contribution in [1.82, 2.24) is 14.5 Å². The number of halogens is 1. The van der Waals surface area contributed by atoms with Gasteiger partial charge in [0.05, 0.1) is 17.6 Å². The average molecular weight is 408 g/mol. The minimum atomic E-state index is -0.410. The Morgan fingerprint density at radius 1 is 0.935 bits per heavy atom. The van der Waals surface area contributed by atoms with E-state index in [0.29, 0.717) is 18.1 Å². The smallest absolute Gasteiger partial charge is 0.222 e. The summed E-state index contributed by atoms with van der Waals surface area (Å²) in [6.07, 6.45) is 2.00. The molecular weight excluding hydrogens is 391 g/mol. The lowest BCUT2D eigenvalue weighted by molar-refractivity contribution is 0.629. The second-order valence-electron chi connectivity index (χ2n) is 7.28.